The number of aromatic nitrogens is 2. The summed E-state index contributed by atoms with van der Waals surface area (Å²) >= 11 is 0. The zero-order valence-electron chi connectivity index (χ0n) is 13.3. The lowest BCUT2D eigenvalue weighted by Gasteiger charge is -2.21. The van der Waals surface area contributed by atoms with Crippen LogP contribution in [0.15, 0.2) is 28.8 Å². The summed E-state index contributed by atoms with van der Waals surface area (Å²) in [6.45, 7) is 5.53. The van der Waals surface area contributed by atoms with Gasteiger partial charge in [-0.1, -0.05) is 24.2 Å². The van der Waals surface area contributed by atoms with Gasteiger partial charge in [-0.2, -0.15) is 4.98 Å². The summed E-state index contributed by atoms with van der Waals surface area (Å²) in [5, 5.41) is 7.35. The summed E-state index contributed by atoms with van der Waals surface area (Å²) in [6.07, 6.45) is 0.871. The minimum absolute atomic E-state index is 0.0469. The summed E-state index contributed by atoms with van der Waals surface area (Å²) in [6, 6.07) is 6.83. The van der Waals surface area contributed by atoms with Gasteiger partial charge in [0.05, 0.1) is 12.1 Å². The zero-order chi connectivity index (χ0) is 16.2. The quantitative estimate of drug-likeness (QED) is 0.756. The molecule has 1 aliphatic rings. The second-order valence-corrected chi connectivity index (χ2v) is 5.86. The van der Waals surface area contributed by atoms with Crippen LogP contribution in [0.25, 0.3) is 0 Å². The molecule has 0 bridgehead atoms. The van der Waals surface area contributed by atoms with E-state index in [9.17, 15) is 4.39 Å². The van der Waals surface area contributed by atoms with Gasteiger partial charge in [0.15, 0.2) is 5.82 Å². The summed E-state index contributed by atoms with van der Waals surface area (Å²) < 4.78 is 18.3. The molecule has 1 aromatic heterocycles. The Bertz CT molecular complexity index is 630. The van der Waals surface area contributed by atoms with Gasteiger partial charge in [-0.15, -0.1) is 0 Å². The summed E-state index contributed by atoms with van der Waals surface area (Å²) in [7, 11) is 0. The number of hydrogen-bond acceptors (Lipinski definition) is 6. The van der Waals surface area contributed by atoms with Crippen LogP contribution in [0, 0.1) is 18.7 Å². The topological polar surface area (TPSA) is 75.0 Å². The lowest BCUT2D eigenvalue weighted by Crippen LogP contribution is -2.31. The first-order valence-electron chi connectivity index (χ1n) is 7.94. The van der Waals surface area contributed by atoms with Gasteiger partial charge in [0.1, 0.15) is 5.82 Å². The van der Waals surface area contributed by atoms with Crippen molar-refractivity contribution in [3.63, 3.8) is 0 Å². The predicted molar refractivity (Wildman–Crippen MR) is 83.8 cm³/mol. The van der Waals surface area contributed by atoms with Crippen LogP contribution in [0.4, 0.5) is 4.39 Å². The smallest absolute Gasteiger partial charge is 0.243 e. The number of rotatable bonds is 6. The highest BCUT2D eigenvalue weighted by Crippen LogP contribution is 2.25. The molecule has 0 amide bonds. The third-order valence-corrected chi connectivity index (χ3v) is 4.20. The van der Waals surface area contributed by atoms with Crippen molar-refractivity contribution in [2.24, 2.45) is 5.92 Å². The molecule has 1 saturated heterocycles. The fraction of sp³-hybridized carbons (Fsp3) is 0.500. The first kappa shape index (κ1) is 16.0. The van der Waals surface area contributed by atoms with Crippen LogP contribution in [0.5, 0.6) is 0 Å². The highest BCUT2D eigenvalue weighted by molar-refractivity contribution is 5.21. The summed E-state index contributed by atoms with van der Waals surface area (Å²) in [5.41, 5.74) is 7.52. The second kappa shape index (κ2) is 7.16. The number of nitrogens with one attached hydrogen (secondary N) is 3. The molecule has 0 saturated carbocycles. The average molecular weight is 319 g/mol. The number of nitrogens with zero attached hydrogens (tertiary/aromatic N) is 2. The monoisotopic (exact) mass is 319 g/mol. The molecule has 6 nitrogen and oxygen atoms in total. The maximum atomic E-state index is 13.1. The van der Waals surface area contributed by atoms with Crippen molar-refractivity contribution in [1.29, 1.82) is 0 Å². The van der Waals surface area contributed by atoms with Crippen molar-refractivity contribution >= 4 is 0 Å². The van der Waals surface area contributed by atoms with E-state index in [0.717, 1.165) is 25.1 Å². The molecule has 2 aromatic rings. The van der Waals surface area contributed by atoms with Crippen LogP contribution in [0.3, 0.4) is 0 Å². The predicted octanol–water partition coefficient (Wildman–Crippen LogP) is 2.02. The second-order valence-electron chi connectivity index (χ2n) is 5.86. The Kier molecular flexibility index (Phi) is 5.00. The van der Waals surface area contributed by atoms with E-state index in [-0.39, 0.29) is 17.9 Å². The Labute approximate surface area is 134 Å². The van der Waals surface area contributed by atoms with E-state index in [1.165, 1.54) is 12.1 Å². The Morgan fingerprint density at radius 2 is 2.17 bits per heavy atom. The molecule has 3 atom stereocenters. The van der Waals surface area contributed by atoms with Crippen LogP contribution in [0.1, 0.15) is 42.7 Å². The summed E-state index contributed by atoms with van der Waals surface area (Å²) in [5.74, 6) is 1.40. The average Bonchev–Trinajstić information content (AvgIpc) is 3.18. The van der Waals surface area contributed by atoms with Crippen LogP contribution < -0.4 is 16.2 Å². The van der Waals surface area contributed by atoms with Crippen LogP contribution in [-0.2, 0) is 0 Å². The van der Waals surface area contributed by atoms with Crippen LogP contribution in [-0.4, -0.2) is 23.2 Å². The Morgan fingerprint density at radius 1 is 1.39 bits per heavy atom. The van der Waals surface area contributed by atoms with E-state index in [2.05, 4.69) is 33.2 Å². The number of benzene rings is 1. The minimum Gasteiger partial charge on any atom is -0.338 e. The third-order valence-electron chi connectivity index (χ3n) is 4.20. The molecule has 0 aliphatic carbocycles. The number of aryl methyl sites for hydroxylation is 1. The molecule has 0 spiro atoms. The molecule has 124 valence electrons. The van der Waals surface area contributed by atoms with Crippen LogP contribution >= 0.6 is 0 Å². The van der Waals surface area contributed by atoms with E-state index in [1.807, 2.05) is 19.1 Å². The van der Waals surface area contributed by atoms with Gasteiger partial charge in [0, 0.05) is 19.0 Å². The first-order valence-corrected chi connectivity index (χ1v) is 7.94. The van der Waals surface area contributed by atoms with Crippen molar-refractivity contribution < 1.29 is 8.91 Å². The molecule has 7 heteroatoms. The lowest BCUT2D eigenvalue weighted by atomic mass is 9.94. The molecule has 3 N–H and O–H groups in total. The SMILES string of the molecule is CCC(NCC1CNNC1c1ccc(F)cc1)c1nc(C)no1. The normalized spacial score (nSPS) is 22.4. The number of halogens is 1. The van der Waals surface area contributed by atoms with Gasteiger partial charge in [-0.25, -0.2) is 9.82 Å². The fourth-order valence-electron chi connectivity index (χ4n) is 2.91. The van der Waals surface area contributed by atoms with Crippen LogP contribution in [0.2, 0.25) is 0 Å². The van der Waals surface area contributed by atoms with E-state index >= 15 is 0 Å². The van der Waals surface area contributed by atoms with Gasteiger partial charge < -0.3 is 9.84 Å². The minimum atomic E-state index is -0.216. The van der Waals surface area contributed by atoms with Gasteiger partial charge in [-0.3, -0.25) is 5.43 Å². The summed E-state index contributed by atoms with van der Waals surface area (Å²) in [4.78, 5) is 4.30. The molecule has 1 aliphatic heterocycles. The van der Waals surface area contributed by atoms with Crippen molar-refractivity contribution in [2.45, 2.75) is 32.4 Å². The fourth-order valence-corrected chi connectivity index (χ4v) is 2.91. The molecular weight excluding hydrogens is 297 g/mol. The molecule has 0 radical (unpaired) electrons. The van der Waals surface area contributed by atoms with E-state index in [0.29, 0.717) is 17.6 Å². The van der Waals surface area contributed by atoms with Gasteiger partial charge >= 0.3 is 0 Å². The third kappa shape index (κ3) is 3.74. The first-order chi connectivity index (χ1) is 11.2. The van der Waals surface area contributed by atoms with Gasteiger partial charge in [0.2, 0.25) is 5.89 Å². The Morgan fingerprint density at radius 3 is 2.83 bits per heavy atom. The maximum absolute atomic E-state index is 13.1. The molecule has 1 fully saturated rings. The standard InChI is InChI=1S/C16H22FN5O/c1-3-14(16-20-10(2)22-23-16)18-8-12-9-19-21-15(12)11-4-6-13(17)7-5-11/h4-7,12,14-15,18-19,21H,3,8-9H2,1-2H3. The zero-order valence-corrected chi connectivity index (χ0v) is 13.3. The van der Waals surface area contributed by atoms with Crippen molar-refractivity contribution in [1.82, 2.24) is 26.3 Å². The van der Waals surface area contributed by atoms with Crippen molar-refractivity contribution in [2.75, 3.05) is 13.1 Å². The highest BCUT2D eigenvalue weighted by atomic mass is 19.1. The molecular formula is C16H22FN5O. The number of hydrogen-bond donors (Lipinski definition) is 3. The van der Waals surface area contributed by atoms with E-state index < -0.39 is 0 Å². The molecule has 1 aromatic carbocycles. The van der Waals surface area contributed by atoms with Gasteiger partial charge in [-0.05, 0) is 31.0 Å². The Balaban J connectivity index is 1.63. The van der Waals surface area contributed by atoms with Crippen molar-refractivity contribution in [3.8, 4) is 0 Å². The van der Waals surface area contributed by atoms with E-state index in [4.69, 9.17) is 4.52 Å². The largest absolute Gasteiger partial charge is 0.338 e. The highest BCUT2D eigenvalue weighted by Gasteiger charge is 2.29. The molecule has 3 rings (SSSR count). The number of hydrazine groups is 1. The molecule has 23 heavy (non-hydrogen) atoms. The van der Waals surface area contributed by atoms with Crippen molar-refractivity contribution in [3.05, 3.63) is 47.4 Å². The molecule has 3 unspecified atom stereocenters. The van der Waals surface area contributed by atoms with Gasteiger partial charge in [0.25, 0.3) is 0 Å². The molecule has 2 heterocycles. The Hall–Kier alpha value is -1.83. The maximum Gasteiger partial charge on any atom is 0.243 e. The van der Waals surface area contributed by atoms with E-state index in [1.54, 1.807) is 0 Å². The lowest BCUT2D eigenvalue weighted by molar-refractivity contribution is 0.310.